The fourth-order valence-corrected chi connectivity index (χ4v) is 2.72. The van der Waals surface area contributed by atoms with Gasteiger partial charge in [-0.05, 0) is 23.3 Å². The maximum absolute atomic E-state index is 10.3. The van der Waals surface area contributed by atoms with Gasteiger partial charge in [-0.15, -0.1) is 0 Å². The Bertz CT molecular complexity index is 620. The first-order valence-electron chi connectivity index (χ1n) is 8.85. The smallest absolute Gasteiger partial charge is 0.119 e. The summed E-state index contributed by atoms with van der Waals surface area (Å²) in [5.41, 5.74) is 2.24. The van der Waals surface area contributed by atoms with Crippen molar-refractivity contribution in [1.82, 2.24) is 4.90 Å². The molecule has 2 rings (SSSR count). The third-order valence-electron chi connectivity index (χ3n) is 4.04. The highest BCUT2D eigenvalue weighted by molar-refractivity contribution is 5.28. The molecule has 26 heavy (non-hydrogen) atoms. The van der Waals surface area contributed by atoms with Crippen molar-refractivity contribution in [2.24, 2.45) is 0 Å². The predicted molar refractivity (Wildman–Crippen MR) is 102 cm³/mol. The standard InChI is InChI=1S/C21H29NO4/c1-24-12-11-22(14-19-9-6-10-21(13-19)25-2)15-20(23)17-26-16-18-7-4-3-5-8-18/h3-10,13,20,23H,11-12,14-17H2,1-2H3/t20-/m1/s1. The van der Waals surface area contributed by atoms with Gasteiger partial charge in [-0.25, -0.2) is 0 Å². The maximum atomic E-state index is 10.3. The summed E-state index contributed by atoms with van der Waals surface area (Å²) in [7, 11) is 3.35. The summed E-state index contributed by atoms with van der Waals surface area (Å²) in [5, 5.41) is 10.3. The van der Waals surface area contributed by atoms with Crippen molar-refractivity contribution in [3.05, 3.63) is 65.7 Å². The molecule has 0 amide bonds. The lowest BCUT2D eigenvalue weighted by Gasteiger charge is -2.25. The van der Waals surface area contributed by atoms with Crippen LogP contribution in [-0.2, 0) is 22.6 Å². The van der Waals surface area contributed by atoms with Crippen molar-refractivity contribution in [3.8, 4) is 5.75 Å². The average Bonchev–Trinajstić information content (AvgIpc) is 2.67. The summed E-state index contributed by atoms with van der Waals surface area (Å²) < 4.78 is 16.1. The topological polar surface area (TPSA) is 51.2 Å². The maximum Gasteiger partial charge on any atom is 0.119 e. The molecule has 0 fully saturated rings. The minimum absolute atomic E-state index is 0.302. The van der Waals surface area contributed by atoms with Gasteiger partial charge in [0, 0.05) is 26.7 Å². The quantitative estimate of drug-likeness (QED) is 0.631. The molecule has 0 aliphatic rings. The first-order valence-corrected chi connectivity index (χ1v) is 8.85. The molecular weight excluding hydrogens is 330 g/mol. The molecular formula is C21H29NO4. The van der Waals surface area contributed by atoms with Gasteiger partial charge in [0.2, 0.25) is 0 Å². The van der Waals surface area contributed by atoms with Crippen molar-refractivity contribution in [2.75, 3.05) is 40.5 Å². The Morgan fingerprint density at radius 2 is 1.77 bits per heavy atom. The van der Waals surface area contributed by atoms with E-state index in [9.17, 15) is 5.11 Å². The molecule has 0 spiro atoms. The van der Waals surface area contributed by atoms with E-state index in [1.807, 2.05) is 48.5 Å². The second-order valence-electron chi connectivity index (χ2n) is 6.23. The molecule has 5 nitrogen and oxygen atoms in total. The van der Waals surface area contributed by atoms with E-state index in [4.69, 9.17) is 14.2 Å². The summed E-state index contributed by atoms with van der Waals surface area (Å²) in [4.78, 5) is 2.16. The summed E-state index contributed by atoms with van der Waals surface area (Å²) in [6.45, 7) is 3.40. The second-order valence-corrected chi connectivity index (χ2v) is 6.23. The molecule has 0 aliphatic heterocycles. The number of rotatable bonds is 12. The third-order valence-corrected chi connectivity index (χ3v) is 4.04. The summed E-state index contributed by atoms with van der Waals surface area (Å²) in [6, 6.07) is 17.9. The molecule has 2 aromatic carbocycles. The van der Waals surface area contributed by atoms with Gasteiger partial charge in [-0.2, -0.15) is 0 Å². The van der Waals surface area contributed by atoms with Crippen LogP contribution in [0.1, 0.15) is 11.1 Å². The van der Waals surface area contributed by atoms with Crippen molar-refractivity contribution in [2.45, 2.75) is 19.3 Å². The highest BCUT2D eigenvalue weighted by Crippen LogP contribution is 2.14. The van der Waals surface area contributed by atoms with Gasteiger partial charge >= 0.3 is 0 Å². The Labute approximate surface area is 156 Å². The van der Waals surface area contributed by atoms with Crippen LogP contribution in [0.15, 0.2) is 54.6 Å². The van der Waals surface area contributed by atoms with Gasteiger partial charge in [-0.3, -0.25) is 4.90 Å². The molecule has 0 saturated carbocycles. The van der Waals surface area contributed by atoms with Crippen LogP contribution in [0.5, 0.6) is 5.75 Å². The normalized spacial score (nSPS) is 12.3. The minimum atomic E-state index is -0.554. The molecule has 0 radical (unpaired) electrons. The molecule has 0 heterocycles. The van der Waals surface area contributed by atoms with Crippen molar-refractivity contribution >= 4 is 0 Å². The van der Waals surface area contributed by atoms with E-state index < -0.39 is 6.10 Å². The fraction of sp³-hybridized carbons (Fsp3) is 0.429. The van der Waals surface area contributed by atoms with Crippen LogP contribution in [0, 0.1) is 0 Å². The van der Waals surface area contributed by atoms with Gasteiger partial charge in [0.05, 0.1) is 33.0 Å². The summed E-state index contributed by atoms with van der Waals surface area (Å²) in [5.74, 6) is 0.834. The zero-order chi connectivity index (χ0) is 18.6. The molecule has 142 valence electrons. The average molecular weight is 359 g/mol. The largest absolute Gasteiger partial charge is 0.497 e. The van der Waals surface area contributed by atoms with Crippen molar-refractivity contribution in [3.63, 3.8) is 0 Å². The fourth-order valence-electron chi connectivity index (χ4n) is 2.72. The van der Waals surface area contributed by atoms with E-state index >= 15 is 0 Å². The minimum Gasteiger partial charge on any atom is -0.497 e. The van der Waals surface area contributed by atoms with Crippen LogP contribution in [0.2, 0.25) is 0 Å². The Kier molecular flexibility index (Phi) is 9.14. The van der Waals surface area contributed by atoms with E-state index in [2.05, 4.69) is 11.0 Å². The number of nitrogens with zero attached hydrogens (tertiary/aromatic N) is 1. The molecule has 0 aromatic heterocycles. The van der Waals surface area contributed by atoms with Crippen LogP contribution in [0.3, 0.4) is 0 Å². The molecule has 5 heteroatoms. The predicted octanol–water partition coefficient (Wildman–Crippen LogP) is 2.72. The van der Waals surface area contributed by atoms with E-state index in [1.165, 1.54) is 0 Å². The van der Waals surface area contributed by atoms with E-state index in [0.29, 0.717) is 26.4 Å². The van der Waals surface area contributed by atoms with Crippen LogP contribution in [0.4, 0.5) is 0 Å². The van der Waals surface area contributed by atoms with Gasteiger partial charge in [0.15, 0.2) is 0 Å². The molecule has 0 aliphatic carbocycles. The number of ether oxygens (including phenoxy) is 3. The van der Waals surface area contributed by atoms with Gasteiger partial charge in [0.1, 0.15) is 5.75 Å². The lowest BCUT2D eigenvalue weighted by molar-refractivity contribution is 0.00479. The SMILES string of the molecule is COCCN(Cc1cccc(OC)c1)C[C@@H](O)COCc1ccccc1. The Hall–Kier alpha value is -1.92. The van der Waals surface area contributed by atoms with E-state index in [0.717, 1.165) is 30.0 Å². The number of aliphatic hydroxyl groups is 1. The number of hydrogen-bond acceptors (Lipinski definition) is 5. The Morgan fingerprint density at radius 3 is 2.50 bits per heavy atom. The highest BCUT2D eigenvalue weighted by Gasteiger charge is 2.13. The van der Waals surface area contributed by atoms with Crippen molar-refractivity contribution < 1.29 is 19.3 Å². The van der Waals surface area contributed by atoms with Crippen LogP contribution in [-0.4, -0.2) is 56.6 Å². The third kappa shape index (κ3) is 7.54. The van der Waals surface area contributed by atoms with Gasteiger partial charge in [0.25, 0.3) is 0 Å². The Morgan fingerprint density at radius 1 is 1.00 bits per heavy atom. The molecule has 1 N–H and O–H groups in total. The first-order chi connectivity index (χ1) is 12.7. The van der Waals surface area contributed by atoms with Gasteiger partial charge in [-0.1, -0.05) is 42.5 Å². The highest BCUT2D eigenvalue weighted by atomic mass is 16.5. The molecule has 1 atom stereocenters. The number of aliphatic hydroxyl groups excluding tert-OH is 1. The summed E-state index contributed by atoms with van der Waals surface area (Å²) in [6.07, 6.45) is -0.554. The van der Waals surface area contributed by atoms with Crippen LogP contribution in [0.25, 0.3) is 0 Å². The second kappa shape index (κ2) is 11.6. The number of benzene rings is 2. The zero-order valence-corrected chi connectivity index (χ0v) is 15.6. The molecule has 0 saturated heterocycles. The summed E-state index contributed by atoms with van der Waals surface area (Å²) >= 11 is 0. The zero-order valence-electron chi connectivity index (χ0n) is 15.6. The lowest BCUT2D eigenvalue weighted by Crippen LogP contribution is -2.36. The molecule has 2 aromatic rings. The van der Waals surface area contributed by atoms with E-state index in [-0.39, 0.29) is 0 Å². The van der Waals surface area contributed by atoms with Gasteiger partial charge < -0.3 is 19.3 Å². The van der Waals surface area contributed by atoms with Crippen LogP contribution < -0.4 is 4.74 Å². The first kappa shape index (κ1) is 20.4. The number of methoxy groups -OCH3 is 2. The molecule has 0 bridgehead atoms. The molecule has 0 unspecified atom stereocenters. The van der Waals surface area contributed by atoms with E-state index in [1.54, 1.807) is 14.2 Å². The van der Waals surface area contributed by atoms with Crippen molar-refractivity contribution in [1.29, 1.82) is 0 Å². The Balaban J connectivity index is 1.83. The number of hydrogen-bond donors (Lipinski definition) is 1. The van der Waals surface area contributed by atoms with Crippen LogP contribution >= 0.6 is 0 Å². The lowest BCUT2D eigenvalue weighted by atomic mass is 10.2. The monoisotopic (exact) mass is 359 g/mol.